The van der Waals surface area contributed by atoms with Gasteiger partial charge in [-0.2, -0.15) is 0 Å². The molecule has 7 nitrogen and oxygen atoms in total. The van der Waals surface area contributed by atoms with Crippen molar-refractivity contribution in [2.24, 2.45) is 0 Å². The highest BCUT2D eigenvalue weighted by Crippen LogP contribution is 2.35. The first kappa shape index (κ1) is 21.8. The largest absolute Gasteiger partial charge is 0.484 e. The lowest BCUT2D eigenvalue weighted by Crippen LogP contribution is -2.39. The van der Waals surface area contributed by atoms with Gasteiger partial charge in [0.2, 0.25) is 5.89 Å². The Morgan fingerprint density at radius 2 is 1.73 bits per heavy atom. The second-order valence-corrected chi connectivity index (χ2v) is 8.97. The van der Waals surface area contributed by atoms with Crippen LogP contribution in [-0.2, 0) is 4.79 Å². The van der Waals surface area contributed by atoms with Crippen LogP contribution in [0.2, 0.25) is 10.0 Å². The summed E-state index contributed by atoms with van der Waals surface area (Å²) in [6.45, 7) is -0.0305. The normalized spacial score (nSPS) is 18.4. The minimum atomic E-state index is -0.140. The summed E-state index contributed by atoms with van der Waals surface area (Å²) in [5.74, 6) is 2.10. The minimum absolute atomic E-state index is 0.0305. The van der Waals surface area contributed by atoms with Crippen molar-refractivity contribution in [2.75, 3.05) is 6.61 Å². The number of nitrogens with zero attached hydrogens (tertiary/aromatic N) is 2. The van der Waals surface area contributed by atoms with Gasteiger partial charge in [-0.1, -0.05) is 23.2 Å². The number of rotatable bonds is 6. The highest BCUT2D eigenvalue weighted by molar-refractivity contribution is 6.31. The fourth-order valence-corrected chi connectivity index (χ4v) is 4.36. The van der Waals surface area contributed by atoms with E-state index in [9.17, 15) is 4.79 Å². The monoisotopic (exact) mass is 485 g/mol. The van der Waals surface area contributed by atoms with Crippen LogP contribution in [0, 0.1) is 0 Å². The van der Waals surface area contributed by atoms with Gasteiger partial charge in [-0.25, -0.2) is 0 Å². The zero-order valence-corrected chi connectivity index (χ0v) is 19.1. The molecule has 170 valence electrons. The molecule has 9 heteroatoms. The summed E-state index contributed by atoms with van der Waals surface area (Å²) in [6.07, 6.45) is 3.36. The van der Waals surface area contributed by atoms with Crippen LogP contribution in [0.1, 0.15) is 37.5 Å². The maximum Gasteiger partial charge on any atom is 0.283 e. The average molecular weight is 486 g/mol. The second-order valence-electron chi connectivity index (χ2n) is 8.10. The molecule has 1 N–H and O–H groups in total. The molecule has 0 radical (unpaired) electrons. The van der Waals surface area contributed by atoms with E-state index in [0.29, 0.717) is 38.9 Å². The van der Waals surface area contributed by atoms with Crippen LogP contribution in [0.15, 0.2) is 57.4 Å². The molecule has 0 saturated heterocycles. The quantitative estimate of drug-likeness (QED) is 0.359. The number of benzene rings is 2. The Kier molecular flexibility index (Phi) is 6.24. The minimum Gasteiger partial charge on any atom is -0.484 e. The van der Waals surface area contributed by atoms with E-state index in [1.165, 1.54) is 0 Å². The van der Waals surface area contributed by atoms with E-state index in [4.69, 9.17) is 36.8 Å². The van der Waals surface area contributed by atoms with Crippen molar-refractivity contribution in [1.82, 2.24) is 15.5 Å². The lowest BCUT2D eigenvalue weighted by atomic mass is 9.86. The molecule has 4 aromatic rings. The zero-order valence-electron chi connectivity index (χ0n) is 17.6. The van der Waals surface area contributed by atoms with Crippen molar-refractivity contribution in [3.05, 3.63) is 64.5 Å². The number of hydrogen-bond donors (Lipinski definition) is 1. The van der Waals surface area contributed by atoms with E-state index in [-0.39, 0.29) is 24.5 Å². The van der Waals surface area contributed by atoms with Gasteiger partial charge in [0, 0.05) is 27.4 Å². The molecule has 1 amide bonds. The highest BCUT2D eigenvalue weighted by Gasteiger charge is 2.28. The van der Waals surface area contributed by atoms with E-state index < -0.39 is 0 Å². The van der Waals surface area contributed by atoms with E-state index in [2.05, 4.69) is 15.5 Å². The SMILES string of the molecule is O=C(COc1ccc(Cl)cc1)N[C@H]1CC[C@H](c2nnc(-c3cc4cc(Cl)ccc4o3)o2)CC1. The molecule has 0 bridgehead atoms. The fourth-order valence-electron chi connectivity index (χ4n) is 4.05. The van der Waals surface area contributed by atoms with E-state index in [1.54, 1.807) is 30.3 Å². The maximum atomic E-state index is 12.2. The predicted octanol–water partition coefficient (Wildman–Crippen LogP) is 6.01. The number of nitrogens with one attached hydrogen (secondary N) is 1. The summed E-state index contributed by atoms with van der Waals surface area (Å²) in [5.41, 5.74) is 0.713. The third-order valence-corrected chi connectivity index (χ3v) is 6.24. The van der Waals surface area contributed by atoms with Crippen LogP contribution in [0.3, 0.4) is 0 Å². The van der Waals surface area contributed by atoms with Crippen LogP contribution < -0.4 is 10.1 Å². The molecular formula is C24H21Cl2N3O4. The highest BCUT2D eigenvalue weighted by atomic mass is 35.5. The lowest BCUT2D eigenvalue weighted by molar-refractivity contribution is -0.124. The van der Waals surface area contributed by atoms with Gasteiger partial charge >= 0.3 is 0 Å². The Hall–Kier alpha value is -3.03. The number of hydrogen-bond acceptors (Lipinski definition) is 6. The maximum absolute atomic E-state index is 12.2. The molecule has 5 rings (SSSR count). The molecule has 1 aliphatic rings. The molecule has 0 unspecified atom stereocenters. The standard InChI is InChI=1S/C24H21Cl2N3O4/c25-16-3-8-19(9-4-16)31-13-22(30)27-18-6-1-14(2-7-18)23-28-29-24(33-23)21-12-15-11-17(26)5-10-20(15)32-21/h3-5,8-12,14,18H,1-2,6-7,13H2,(H,27,30)/t14-,18-. The number of halogens is 2. The smallest absolute Gasteiger partial charge is 0.283 e. The topological polar surface area (TPSA) is 90.4 Å². The molecule has 2 aromatic heterocycles. The summed E-state index contributed by atoms with van der Waals surface area (Å²) >= 11 is 11.9. The lowest BCUT2D eigenvalue weighted by Gasteiger charge is -2.27. The zero-order chi connectivity index (χ0) is 22.8. The van der Waals surface area contributed by atoms with Crippen molar-refractivity contribution in [3.63, 3.8) is 0 Å². The van der Waals surface area contributed by atoms with Gasteiger partial charge in [0.1, 0.15) is 11.3 Å². The van der Waals surface area contributed by atoms with Gasteiger partial charge in [0.05, 0.1) is 0 Å². The first-order valence-corrected chi connectivity index (χ1v) is 11.5. The molecule has 0 spiro atoms. The van der Waals surface area contributed by atoms with E-state index in [1.807, 2.05) is 18.2 Å². The van der Waals surface area contributed by atoms with Crippen molar-refractivity contribution < 1.29 is 18.4 Å². The Labute approximate surface area is 200 Å². The summed E-state index contributed by atoms with van der Waals surface area (Å²) in [5, 5.41) is 13.6. The van der Waals surface area contributed by atoms with E-state index >= 15 is 0 Å². The summed E-state index contributed by atoms with van der Waals surface area (Å²) in [7, 11) is 0. The number of carbonyl (C=O) groups excluding carboxylic acids is 1. The summed E-state index contributed by atoms with van der Waals surface area (Å²) < 4.78 is 17.2. The Balaban J connectivity index is 1.13. The van der Waals surface area contributed by atoms with Crippen molar-refractivity contribution in [1.29, 1.82) is 0 Å². The molecule has 1 fully saturated rings. The number of ether oxygens (including phenoxy) is 1. The van der Waals surface area contributed by atoms with Gasteiger partial charge in [-0.15, -0.1) is 10.2 Å². The van der Waals surface area contributed by atoms with Gasteiger partial charge in [0.15, 0.2) is 12.4 Å². The fraction of sp³-hybridized carbons (Fsp3) is 0.292. The van der Waals surface area contributed by atoms with Crippen LogP contribution >= 0.6 is 23.2 Å². The Morgan fingerprint density at radius 1 is 0.970 bits per heavy atom. The van der Waals surface area contributed by atoms with Crippen molar-refractivity contribution >= 4 is 40.1 Å². The number of aromatic nitrogens is 2. The van der Waals surface area contributed by atoms with Crippen LogP contribution in [-0.4, -0.2) is 28.8 Å². The third kappa shape index (κ3) is 5.15. The number of fused-ring (bicyclic) bond motifs is 1. The van der Waals surface area contributed by atoms with Gasteiger partial charge in [-0.3, -0.25) is 4.79 Å². The molecule has 0 atom stereocenters. The number of furan rings is 1. The number of amides is 1. The van der Waals surface area contributed by atoms with Gasteiger partial charge in [0.25, 0.3) is 11.8 Å². The molecule has 1 aliphatic carbocycles. The molecule has 1 saturated carbocycles. The first-order valence-electron chi connectivity index (χ1n) is 10.7. The second kappa shape index (κ2) is 9.45. The molecule has 33 heavy (non-hydrogen) atoms. The Morgan fingerprint density at radius 3 is 2.52 bits per heavy atom. The van der Waals surface area contributed by atoms with Crippen molar-refractivity contribution in [3.8, 4) is 17.4 Å². The number of carbonyl (C=O) groups is 1. The van der Waals surface area contributed by atoms with Crippen molar-refractivity contribution in [2.45, 2.75) is 37.6 Å². The summed E-state index contributed by atoms with van der Waals surface area (Å²) in [6, 6.07) is 14.3. The molecule has 0 aliphatic heterocycles. The van der Waals surface area contributed by atoms with E-state index in [0.717, 1.165) is 31.1 Å². The Bertz CT molecular complexity index is 1260. The molecule has 2 aromatic carbocycles. The summed E-state index contributed by atoms with van der Waals surface area (Å²) in [4.78, 5) is 12.2. The molecule has 2 heterocycles. The first-order chi connectivity index (χ1) is 16.0. The van der Waals surface area contributed by atoms with Crippen LogP contribution in [0.4, 0.5) is 0 Å². The molecular weight excluding hydrogens is 465 g/mol. The van der Waals surface area contributed by atoms with Crippen LogP contribution in [0.5, 0.6) is 5.75 Å². The third-order valence-electron chi connectivity index (χ3n) is 5.75. The van der Waals surface area contributed by atoms with Gasteiger partial charge < -0.3 is 18.9 Å². The predicted molar refractivity (Wildman–Crippen MR) is 125 cm³/mol. The van der Waals surface area contributed by atoms with Crippen LogP contribution in [0.25, 0.3) is 22.6 Å². The average Bonchev–Trinajstić information content (AvgIpc) is 3.46. The van der Waals surface area contributed by atoms with Gasteiger partial charge in [-0.05, 0) is 74.2 Å².